The highest BCUT2D eigenvalue weighted by Crippen LogP contribution is 2.17. The van der Waals surface area contributed by atoms with Gasteiger partial charge in [-0.2, -0.15) is 0 Å². The summed E-state index contributed by atoms with van der Waals surface area (Å²) in [4.78, 5) is 23.0. The maximum absolute atomic E-state index is 12.8. The Morgan fingerprint density at radius 3 is 3.09 bits per heavy atom. The third-order valence-electron chi connectivity index (χ3n) is 3.45. The number of aromatic nitrogens is 2. The van der Waals surface area contributed by atoms with Gasteiger partial charge in [0.1, 0.15) is 0 Å². The van der Waals surface area contributed by atoms with Crippen molar-refractivity contribution in [1.29, 1.82) is 0 Å². The number of H-pyrrole nitrogens is 1. The summed E-state index contributed by atoms with van der Waals surface area (Å²) < 4.78 is 5.13. The summed E-state index contributed by atoms with van der Waals surface area (Å²) in [5, 5.41) is 2.02. The van der Waals surface area contributed by atoms with E-state index in [0.717, 1.165) is 15.9 Å². The Balaban J connectivity index is 1.83. The van der Waals surface area contributed by atoms with E-state index in [-0.39, 0.29) is 5.91 Å². The number of carbonyl (C=O) groups excluding carboxylic acids is 1. The van der Waals surface area contributed by atoms with Crippen molar-refractivity contribution in [2.24, 2.45) is 0 Å². The predicted octanol–water partition coefficient (Wildman–Crippen LogP) is 2.91. The molecule has 0 atom stereocenters. The minimum absolute atomic E-state index is 0.00181. The largest absolute Gasteiger partial charge is 0.383 e. The third kappa shape index (κ3) is 3.18. The van der Waals surface area contributed by atoms with Gasteiger partial charge in [0.2, 0.25) is 0 Å². The average Bonchev–Trinajstić information content (AvgIpc) is 3.21. The highest BCUT2D eigenvalue weighted by molar-refractivity contribution is 7.09. The number of aromatic amines is 1. The highest BCUT2D eigenvalue weighted by atomic mass is 32.1. The lowest BCUT2D eigenvalue weighted by Crippen LogP contribution is -2.33. The molecule has 0 aliphatic carbocycles. The molecule has 1 N–H and O–H groups in total. The van der Waals surface area contributed by atoms with E-state index in [1.54, 1.807) is 24.8 Å². The first-order valence-corrected chi connectivity index (χ1v) is 7.89. The highest BCUT2D eigenvalue weighted by Gasteiger charge is 2.17. The number of ether oxygens (including phenoxy) is 1. The molecular formula is C16H17N3O2S. The molecule has 3 aromatic rings. The zero-order valence-electron chi connectivity index (χ0n) is 12.3. The molecule has 3 rings (SSSR count). The summed E-state index contributed by atoms with van der Waals surface area (Å²) in [6.07, 6.45) is 1.63. The van der Waals surface area contributed by atoms with Crippen LogP contribution >= 0.6 is 11.3 Å². The Labute approximate surface area is 132 Å². The van der Waals surface area contributed by atoms with Crippen LogP contribution in [0.1, 0.15) is 15.2 Å². The molecule has 0 aliphatic rings. The number of nitrogens with one attached hydrogen (secondary N) is 1. The van der Waals surface area contributed by atoms with E-state index >= 15 is 0 Å². The van der Waals surface area contributed by atoms with Gasteiger partial charge in [0.05, 0.1) is 30.5 Å². The number of nitrogens with zero attached hydrogens (tertiary/aromatic N) is 2. The normalized spacial score (nSPS) is 11.0. The Morgan fingerprint density at radius 1 is 1.41 bits per heavy atom. The van der Waals surface area contributed by atoms with Crippen LogP contribution in [-0.2, 0) is 11.3 Å². The molecule has 6 heteroatoms. The first kappa shape index (κ1) is 14.7. The number of hydrogen-bond acceptors (Lipinski definition) is 4. The number of carbonyl (C=O) groups is 1. The van der Waals surface area contributed by atoms with Gasteiger partial charge in [-0.05, 0) is 29.6 Å². The van der Waals surface area contributed by atoms with Crippen molar-refractivity contribution in [2.75, 3.05) is 20.3 Å². The van der Waals surface area contributed by atoms with Crippen molar-refractivity contribution in [1.82, 2.24) is 14.9 Å². The Hall–Kier alpha value is -2.18. The summed E-state index contributed by atoms with van der Waals surface area (Å²) in [5.74, 6) is 0.00181. The number of thiophene rings is 1. The minimum Gasteiger partial charge on any atom is -0.383 e. The molecule has 114 valence electrons. The van der Waals surface area contributed by atoms with Crippen molar-refractivity contribution in [2.45, 2.75) is 6.54 Å². The Bertz CT molecular complexity index is 752. The van der Waals surface area contributed by atoms with Crippen molar-refractivity contribution in [3.05, 3.63) is 52.5 Å². The number of rotatable bonds is 6. The second kappa shape index (κ2) is 6.72. The quantitative estimate of drug-likeness (QED) is 0.761. The van der Waals surface area contributed by atoms with E-state index in [2.05, 4.69) is 9.97 Å². The third-order valence-corrected chi connectivity index (χ3v) is 4.31. The Morgan fingerprint density at radius 2 is 2.32 bits per heavy atom. The van der Waals surface area contributed by atoms with Crippen LogP contribution in [0.3, 0.4) is 0 Å². The molecule has 0 saturated heterocycles. The van der Waals surface area contributed by atoms with Crippen LogP contribution in [-0.4, -0.2) is 41.0 Å². The van der Waals surface area contributed by atoms with E-state index in [1.165, 1.54) is 0 Å². The SMILES string of the molecule is COCCN(Cc1cccs1)C(=O)c1ccc2nc[nH]c2c1. The fraction of sp³-hybridized carbons (Fsp3) is 0.250. The van der Waals surface area contributed by atoms with E-state index in [4.69, 9.17) is 4.74 Å². The van der Waals surface area contributed by atoms with Crippen molar-refractivity contribution in [3.8, 4) is 0 Å². The molecular weight excluding hydrogens is 298 g/mol. The lowest BCUT2D eigenvalue weighted by Gasteiger charge is -2.22. The zero-order valence-corrected chi connectivity index (χ0v) is 13.1. The van der Waals surface area contributed by atoms with Crippen LogP contribution in [0.5, 0.6) is 0 Å². The molecule has 1 aromatic carbocycles. The lowest BCUT2D eigenvalue weighted by molar-refractivity contribution is 0.0682. The van der Waals surface area contributed by atoms with Gasteiger partial charge in [-0.1, -0.05) is 6.07 Å². The van der Waals surface area contributed by atoms with E-state index in [1.807, 2.05) is 40.6 Å². The molecule has 5 nitrogen and oxygen atoms in total. The summed E-state index contributed by atoms with van der Waals surface area (Å²) in [5.41, 5.74) is 2.39. The van der Waals surface area contributed by atoms with Gasteiger partial charge in [-0.3, -0.25) is 4.79 Å². The molecule has 22 heavy (non-hydrogen) atoms. The van der Waals surface area contributed by atoms with Gasteiger partial charge in [-0.15, -0.1) is 11.3 Å². The monoisotopic (exact) mass is 315 g/mol. The van der Waals surface area contributed by atoms with Crippen molar-refractivity contribution in [3.63, 3.8) is 0 Å². The van der Waals surface area contributed by atoms with Crippen LogP contribution in [0.2, 0.25) is 0 Å². The molecule has 0 saturated carbocycles. The molecule has 1 amide bonds. The number of amides is 1. The molecule has 0 spiro atoms. The van der Waals surface area contributed by atoms with E-state index in [0.29, 0.717) is 25.3 Å². The first-order chi connectivity index (χ1) is 10.8. The van der Waals surface area contributed by atoms with E-state index in [9.17, 15) is 4.79 Å². The molecule has 0 aliphatic heterocycles. The summed E-state index contributed by atoms with van der Waals surface area (Å²) >= 11 is 1.65. The molecule has 0 radical (unpaired) electrons. The fourth-order valence-electron chi connectivity index (χ4n) is 2.30. The van der Waals surface area contributed by atoms with Gasteiger partial charge in [0.15, 0.2) is 0 Å². The molecule has 0 fully saturated rings. The molecule has 0 bridgehead atoms. The molecule has 2 heterocycles. The predicted molar refractivity (Wildman–Crippen MR) is 87.0 cm³/mol. The fourth-order valence-corrected chi connectivity index (χ4v) is 3.02. The van der Waals surface area contributed by atoms with Gasteiger partial charge >= 0.3 is 0 Å². The maximum Gasteiger partial charge on any atom is 0.254 e. The summed E-state index contributed by atoms with van der Waals surface area (Å²) in [7, 11) is 1.64. The average molecular weight is 315 g/mol. The number of fused-ring (bicyclic) bond motifs is 1. The number of benzene rings is 1. The van der Waals surface area contributed by atoms with Gasteiger partial charge < -0.3 is 14.6 Å². The Kier molecular flexibility index (Phi) is 4.50. The van der Waals surface area contributed by atoms with E-state index < -0.39 is 0 Å². The van der Waals surface area contributed by atoms with Gasteiger partial charge in [0, 0.05) is 24.1 Å². The van der Waals surface area contributed by atoms with Gasteiger partial charge in [0.25, 0.3) is 5.91 Å². The zero-order chi connectivity index (χ0) is 15.4. The van der Waals surface area contributed by atoms with Crippen LogP contribution in [0.25, 0.3) is 11.0 Å². The first-order valence-electron chi connectivity index (χ1n) is 7.01. The number of hydrogen-bond donors (Lipinski definition) is 1. The van der Waals surface area contributed by atoms with Crippen LogP contribution in [0.4, 0.5) is 0 Å². The maximum atomic E-state index is 12.8. The molecule has 2 aromatic heterocycles. The van der Waals surface area contributed by atoms with Gasteiger partial charge in [-0.25, -0.2) is 4.98 Å². The number of methoxy groups -OCH3 is 1. The number of imidazole rings is 1. The van der Waals surface area contributed by atoms with Crippen molar-refractivity contribution < 1.29 is 9.53 Å². The topological polar surface area (TPSA) is 58.2 Å². The van der Waals surface area contributed by atoms with Crippen molar-refractivity contribution >= 4 is 28.3 Å². The second-order valence-electron chi connectivity index (χ2n) is 4.93. The standard InChI is InChI=1S/C16H17N3O2S/c1-21-7-6-19(10-13-3-2-8-22-13)16(20)12-4-5-14-15(9-12)18-11-17-14/h2-5,8-9,11H,6-7,10H2,1H3,(H,17,18). The molecule has 0 unspecified atom stereocenters. The summed E-state index contributed by atoms with van der Waals surface area (Å²) in [6.45, 7) is 1.68. The van der Waals surface area contributed by atoms with Crippen LogP contribution in [0.15, 0.2) is 42.0 Å². The smallest absolute Gasteiger partial charge is 0.254 e. The van der Waals surface area contributed by atoms with Crippen LogP contribution < -0.4 is 0 Å². The second-order valence-corrected chi connectivity index (χ2v) is 5.97. The lowest BCUT2D eigenvalue weighted by atomic mass is 10.1. The minimum atomic E-state index is 0.00181. The summed E-state index contributed by atoms with van der Waals surface area (Å²) in [6, 6.07) is 9.56. The van der Waals surface area contributed by atoms with Crippen LogP contribution in [0, 0.1) is 0 Å².